The molecule has 0 amide bonds. The van der Waals surface area contributed by atoms with E-state index >= 15 is 0 Å². The molecule has 0 aliphatic heterocycles. The standard InChI is InChI=1S/C22H27N5OS/c1-4-5-6-7-8-9-10-17-14-26-20(28)12-18(24-22(26)29-17)19-11-15(2)21-23-16(3)13-27(21)25-19/h11-14H,4-10H2,1-3H3. The molecule has 4 aromatic heterocycles. The van der Waals surface area contributed by atoms with Crippen molar-refractivity contribution in [1.29, 1.82) is 0 Å². The van der Waals surface area contributed by atoms with E-state index in [4.69, 9.17) is 4.98 Å². The minimum Gasteiger partial charge on any atom is -0.269 e. The first-order valence-corrected chi connectivity index (χ1v) is 11.2. The molecule has 0 unspecified atom stereocenters. The summed E-state index contributed by atoms with van der Waals surface area (Å²) in [6.45, 7) is 6.19. The van der Waals surface area contributed by atoms with Gasteiger partial charge in [0.05, 0.1) is 17.6 Å². The summed E-state index contributed by atoms with van der Waals surface area (Å²) in [4.78, 5) is 23.8. The van der Waals surface area contributed by atoms with Crippen molar-refractivity contribution in [2.45, 2.75) is 65.7 Å². The van der Waals surface area contributed by atoms with Crippen LogP contribution in [0.1, 0.15) is 61.6 Å². The molecular formula is C22H27N5OS. The monoisotopic (exact) mass is 409 g/mol. The predicted molar refractivity (Wildman–Crippen MR) is 118 cm³/mol. The van der Waals surface area contributed by atoms with E-state index in [9.17, 15) is 4.79 Å². The molecule has 0 radical (unpaired) electrons. The van der Waals surface area contributed by atoms with Crippen LogP contribution in [0.3, 0.4) is 0 Å². The van der Waals surface area contributed by atoms with E-state index in [0.29, 0.717) is 11.4 Å². The largest absolute Gasteiger partial charge is 0.269 e. The summed E-state index contributed by atoms with van der Waals surface area (Å²) in [6, 6.07) is 3.52. The summed E-state index contributed by atoms with van der Waals surface area (Å²) in [6.07, 6.45) is 12.5. The van der Waals surface area contributed by atoms with Crippen LogP contribution in [0.15, 0.2) is 29.3 Å². The van der Waals surface area contributed by atoms with Gasteiger partial charge >= 0.3 is 0 Å². The van der Waals surface area contributed by atoms with Gasteiger partial charge in [0.2, 0.25) is 0 Å². The minimum absolute atomic E-state index is 0.0585. The molecule has 0 atom stereocenters. The van der Waals surface area contributed by atoms with Crippen molar-refractivity contribution in [3.63, 3.8) is 0 Å². The summed E-state index contributed by atoms with van der Waals surface area (Å²) >= 11 is 1.61. The molecule has 4 aromatic rings. The maximum Gasteiger partial charge on any atom is 0.259 e. The molecule has 6 nitrogen and oxygen atoms in total. The Kier molecular flexibility index (Phi) is 5.76. The van der Waals surface area contributed by atoms with Crippen LogP contribution >= 0.6 is 11.3 Å². The smallest absolute Gasteiger partial charge is 0.259 e. The van der Waals surface area contributed by atoms with Crippen LogP contribution in [-0.2, 0) is 6.42 Å². The number of hydrogen-bond acceptors (Lipinski definition) is 5. The van der Waals surface area contributed by atoms with Crippen LogP contribution in [0.25, 0.3) is 22.0 Å². The van der Waals surface area contributed by atoms with Gasteiger partial charge in [-0.15, -0.1) is 11.3 Å². The van der Waals surface area contributed by atoms with Crippen LogP contribution in [0.4, 0.5) is 0 Å². The van der Waals surface area contributed by atoms with Gasteiger partial charge in [-0.25, -0.2) is 14.5 Å². The molecule has 4 heterocycles. The average Bonchev–Trinajstić information content (AvgIpc) is 3.27. The molecule has 0 saturated carbocycles. The molecule has 0 saturated heterocycles. The van der Waals surface area contributed by atoms with Gasteiger partial charge in [0, 0.05) is 17.1 Å². The highest BCUT2D eigenvalue weighted by Crippen LogP contribution is 2.22. The molecule has 0 spiro atoms. The fourth-order valence-corrected chi connectivity index (χ4v) is 4.67. The first kappa shape index (κ1) is 19.8. The molecule has 152 valence electrons. The quantitative estimate of drug-likeness (QED) is 0.385. The van der Waals surface area contributed by atoms with Crippen LogP contribution in [0, 0.1) is 13.8 Å². The third-order valence-corrected chi connectivity index (χ3v) is 6.23. The molecule has 7 heteroatoms. The number of thiazole rings is 1. The number of imidazole rings is 1. The third kappa shape index (κ3) is 4.24. The summed E-state index contributed by atoms with van der Waals surface area (Å²) < 4.78 is 3.43. The number of fused-ring (bicyclic) bond motifs is 2. The Morgan fingerprint density at radius 1 is 0.966 bits per heavy atom. The Morgan fingerprint density at radius 3 is 2.59 bits per heavy atom. The number of aromatic nitrogens is 5. The highest BCUT2D eigenvalue weighted by atomic mass is 32.1. The van der Waals surface area contributed by atoms with Gasteiger partial charge < -0.3 is 0 Å². The van der Waals surface area contributed by atoms with E-state index < -0.39 is 0 Å². The van der Waals surface area contributed by atoms with Crippen molar-refractivity contribution >= 4 is 21.9 Å². The Hall–Kier alpha value is -2.54. The first-order chi connectivity index (χ1) is 14.0. The van der Waals surface area contributed by atoms with Gasteiger partial charge in [-0.1, -0.05) is 39.0 Å². The van der Waals surface area contributed by atoms with E-state index in [-0.39, 0.29) is 5.56 Å². The zero-order valence-corrected chi connectivity index (χ0v) is 18.1. The summed E-state index contributed by atoms with van der Waals surface area (Å²) in [5, 5.41) is 4.62. The van der Waals surface area contributed by atoms with Crippen LogP contribution in [0.2, 0.25) is 0 Å². The zero-order valence-electron chi connectivity index (χ0n) is 17.3. The van der Waals surface area contributed by atoms with Crippen molar-refractivity contribution < 1.29 is 0 Å². The highest BCUT2D eigenvalue weighted by Gasteiger charge is 2.12. The number of rotatable bonds is 8. The molecule has 0 aliphatic carbocycles. The summed E-state index contributed by atoms with van der Waals surface area (Å²) in [5.41, 5.74) is 4.01. The predicted octanol–water partition coefficient (Wildman–Crippen LogP) is 4.99. The fraction of sp³-hybridized carbons (Fsp3) is 0.455. The molecular weight excluding hydrogens is 382 g/mol. The van der Waals surface area contributed by atoms with Crippen LogP contribution in [0.5, 0.6) is 0 Å². The Labute approximate surface area is 174 Å². The second kappa shape index (κ2) is 8.45. The van der Waals surface area contributed by atoms with Gasteiger partial charge in [0.25, 0.3) is 5.56 Å². The molecule has 0 bridgehead atoms. The lowest BCUT2D eigenvalue weighted by Crippen LogP contribution is -2.12. The van der Waals surface area contributed by atoms with E-state index in [1.807, 2.05) is 32.3 Å². The number of nitrogens with zero attached hydrogens (tertiary/aromatic N) is 5. The SMILES string of the molecule is CCCCCCCCc1cn2c(=O)cc(-c3cc(C)c4nc(C)cn4n3)nc2s1. The highest BCUT2D eigenvalue weighted by molar-refractivity contribution is 7.17. The molecule has 0 aliphatic rings. The summed E-state index contributed by atoms with van der Waals surface area (Å²) in [5.74, 6) is 0. The van der Waals surface area contributed by atoms with Gasteiger partial charge in [0.15, 0.2) is 10.6 Å². The normalized spacial score (nSPS) is 11.7. The van der Waals surface area contributed by atoms with Gasteiger partial charge in [-0.2, -0.15) is 5.10 Å². The molecule has 0 N–H and O–H groups in total. The third-order valence-electron chi connectivity index (χ3n) is 5.18. The maximum atomic E-state index is 12.7. The first-order valence-electron chi connectivity index (χ1n) is 10.4. The summed E-state index contributed by atoms with van der Waals surface area (Å²) in [7, 11) is 0. The Morgan fingerprint density at radius 2 is 1.76 bits per heavy atom. The van der Waals surface area contributed by atoms with Crippen molar-refractivity contribution in [3.05, 3.63) is 51.0 Å². The van der Waals surface area contributed by atoms with Gasteiger partial charge in [-0.3, -0.25) is 9.20 Å². The van der Waals surface area contributed by atoms with Crippen molar-refractivity contribution in [3.8, 4) is 11.4 Å². The lowest BCUT2D eigenvalue weighted by molar-refractivity contribution is 0.609. The van der Waals surface area contributed by atoms with Crippen molar-refractivity contribution in [2.75, 3.05) is 0 Å². The number of hydrogen-bond donors (Lipinski definition) is 0. The second-order valence-electron chi connectivity index (χ2n) is 7.71. The second-order valence-corrected chi connectivity index (χ2v) is 8.80. The molecule has 0 aromatic carbocycles. The van der Waals surface area contributed by atoms with Gasteiger partial charge in [0.1, 0.15) is 5.69 Å². The Balaban J connectivity index is 1.58. The molecule has 0 fully saturated rings. The topological polar surface area (TPSA) is 64.6 Å². The van der Waals surface area contributed by atoms with E-state index in [0.717, 1.165) is 34.7 Å². The Bertz CT molecular complexity index is 1200. The molecule has 29 heavy (non-hydrogen) atoms. The zero-order chi connectivity index (χ0) is 20.4. The van der Waals surface area contributed by atoms with Crippen molar-refractivity contribution in [2.24, 2.45) is 0 Å². The fourth-order valence-electron chi connectivity index (χ4n) is 3.64. The van der Waals surface area contributed by atoms with Crippen LogP contribution < -0.4 is 5.56 Å². The van der Waals surface area contributed by atoms with Crippen LogP contribution in [-0.4, -0.2) is 24.0 Å². The average molecular weight is 410 g/mol. The number of aryl methyl sites for hydroxylation is 3. The van der Waals surface area contributed by atoms with E-state index in [1.54, 1.807) is 26.3 Å². The van der Waals surface area contributed by atoms with Gasteiger partial charge in [-0.05, 0) is 38.3 Å². The maximum absolute atomic E-state index is 12.7. The number of unbranched alkanes of at least 4 members (excludes halogenated alkanes) is 5. The lowest BCUT2D eigenvalue weighted by atomic mass is 10.1. The van der Waals surface area contributed by atoms with E-state index in [2.05, 4.69) is 17.0 Å². The molecule has 4 rings (SSSR count). The lowest BCUT2D eigenvalue weighted by Gasteiger charge is -2.03. The van der Waals surface area contributed by atoms with E-state index in [1.165, 1.54) is 37.0 Å². The van der Waals surface area contributed by atoms with Crippen molar-refractivity contribution in [1.82, 2.24) is 24.0 Å². The minimum atomic E-state index is -0.0585.